The molecule has 0 saturated carbocycles. The molecule has 1 aliphatic heterocycles. The lowest BCUT2D eigenvalue weighted by molar-refractivity contribution is 0.373. The monoisotopic (exact) mass is 357 g/mol. The van der Waals surface area contributed by atoms with E-state index in [1.165, 1.54) is 21.1 Å². The van der Waals surface area contributed by atoms with Gasteiger partial charge in [-0.1, -0.05) is 12.1 Å². The van der Waals surface area contributed by atoms with E-state index in [2.05, 4.69) is 63.2 Å². The van der Waals surface area contributed by atoms with Crippen molar-refractivity contribution >= 4 is 23.0 Å². The maximum absolute atomic E-state index is 4.46. The fourth-order valence-electron chi connectivity index (χ4n) is 3.13. The highest BCUT2D eigenvalue weighted by atomic mass is 32.1. The van der Waals surface area contributed by atoms with Crippen LogP contribution in [0.3, 0.4) is 0 Å². The molecule has 2 heterocycles. The smallest absolute Gasteiger partial charge is 0.193 e. The average molecular weight is 358 g/mol. The largest absolute Gasteiger partial charge is 0.368 e. The summed E-state index contributed by atoms with van der Waals surface area (Å²) >= 11 is 1.77. The number of aliphatic imine (C=N–C) groups is 1. The van der Waals surface area contributed by atoms with E-state index in [9.17, 15) is 0 Å². The van der Waals surface area contributed by atoms with Crippen molar-refractivity contribution < 1.29 is 0 Å². The molecule has 134 valence electrons. The summed E-state index contributed by atoms with van der Waals surface area (Å²) in [5.74, 6) is 0.997. The van der Waals surface area contributed by atoms with Gasteiger partial charge in [-0.3, -0.25) is 4.99 Å². The molecule has 6 heteroatoms. The van der Waals surface area contributed by atoms with Crippen molar-refractivity contribution in [1.82, 2.24) is 15.2 Å². The minimum absolute atomic E-state index is 0.873. The van der Waals surface area contributed by atoms with Gasteiger partial charge in [0, 0.05) is 63.0 Å². The van der Waals surface area contributed by atoms with Gasteiger partial charge in [0.1, 0.15) is 0 Å². The Bertz CT molecular complexity index is 716. The number of hydrogen-bond acceptors (Lipinski definition) is 4. The number of thiazole rings is 1. The number of aromatic nitrogens is 1. The van der Waals surface area contributed by atoms with E-state index in [4.69, 9.17) is 0 Å². The molecular weight excluding hydrogens is 330 g/mol. The second-order valence-electron chi connectivity index (χ2n) is 6.40. The molecular formula is C19H27N5S. The van der Waals surface area contributed by atoms with Gasteiger partial charge in [0.25, 0.3) is 0 Å². The Morgan fingerprint density at radius 1 is 1.24 bits per heavy atom. The number of piperazine rings is 1. The molecule has 1 saturated heterocycles. The molecule has 1 aromatic carbocycles. The van der Waals surface area contributed by atoms with Gasteiger partial charge >= 0.3 is 0 Å². The molecule has 0 bridgehead atoms. The lowest BCUT2D eigenvalue weighted by Crippen LogP contribution is -2.52. The molecule has 2 aromatic rings. The number of anilines is 1. The van der Waals surface area contributed by atoms with Gasteiger partial charge in [0.2, 0.25) is 0 Å². The summed E-state index contributed by atoms with van der Waals surface area (Å²) in [5, 5.41) is 4.67. The first-order valence-electron chi connectivity index (χ1n) is 8.84. The van der Waals surface area contributed by atoms with Gasteiger partial charge in [-0.15, -0.1) is 11.3 Å². The van der Waals surface area contributed by atoms with Gasteiger partial charge in [0.05, 0.1) is 5.01 Å². The van der Waals surface area contributed by atoms with Crippen LogP contribution < -0.4 is 10.2 Å². The molecule has 0 unspecified atom stereocenters. The molecule has 0 atom stereocenters. The molecule has 1 aliphatic rings. The number of benzene rings is 1. The molecule has 5 nitrogen and oxygen atoms in total. The van der Waals surface area contributed by atoms with Gasteiger partial charge in [-0.05, 0) is 31.5 Å². The number of nitrogens with one attached hydrogen (secondary N) is 1. The summed E-state index contributed by atoms with van der Waals surface area (Å²) in [6.07, 6.45) is 2.89. The molecule has 0 amide bonds. The van der Waals surface area contributed by atoms with Crippen molar-refractivity contribution in [3.05, 3.63) is 45.9 Å². The van der Waals surface area contributed by atoms with E-state index in [1.807, 2.05) is 13.2 Å². The molecule has 3 rings (SSSR count). The Morgan fingerprint density at radius 2 is 2.04 bits per heavy atom. The maximum atomic E-state index is 4.46. The van der Waals surface area contributed by atoms with E-state index >= 15 is 0 Å². The molecule has 1 N–H and O–H groups in total. The number of guanidine groups is 1. The Kier molecular flexibility index (Phi) is 5.91. The Hall–Kier alpha value is -2.08. The zero-order valence-electron chi connectivity index (χ0n) is 15.3. The average Bonchev–Trinajstić information content (AvgIpc) is 3.04. The highest BCUT2D eigenvalue weighted by Crippen LogP contribution is 2.18. The van der Waals surface area contributed by atoms with Crippen molar-refractivity contribution in [1.29, 1.82) is 0 Å². The lowest BCUT2D eigenvalue weighted by atomic mass is 10.2. The van der Waals surface area contributed by atoms with Crippen LogP contribution in [0.4, 0.5) is 5.69 Å². The number of hydrogen-bond donors (Lipinski definition) is 1. The van der Waals surface area contributed by atoms with Crippen LogP contribution in [0.2, 0.25) is 0 Å². The van der Waals surface area contributed by atoms with Crippen molar-refractivity contribution in [3.63, 3.8) is 0 Å². The summed E-state index contributed by atoms with van der Waals surface area (Å²) in [6.45, 7) is 9.15. The van der Waals surface area contributed by atoms with Crippen molar-refractivity contribution in [2.75, 3.05) is 44.7 Å². The molecule has 0 radical (unpaired) electrons. The summed E-state index contributed by atoms with van der Waals surface area (Å²) in [4.78, 5) is 14.9. The van der Waals surface area contributed by atoms with Gasteiger partial charge in [0.15, 0.2) is 5.96 Å². The molecule has 0 spiro atoms. The van der Waals surface area contributed by atoms with Gasteiger partial charge in [-0.2, -0.15) is 0 Å². The highest BCUT2D eigenvalue weighted by molar-refractivity contribution is 7.11. The third-order valence-corrected chi connectivity index (χ3v) is 5.42. The fourth-order valence-corrected chi connectivity index (χ4v) is 3.92. The van der Waals surface area contributed by atoms with Crippen molar-refractivity contribution in [3.8, 4) is 0 Å². The van der Waals surface area contributed by atoms with Gasteiger partial charge in [-0.25, -0.2) is 4.98 Å². The van der Waals surface area contributed by atoms with Crippen LogP contribution in [-0.2, 0) is 6.42 Å². The standard InChI is InChI=1S/C19H27N5S/c1-15-5-4-6-17(13-15)23-9-11-24(12-10-23)19(20-3)21-8-7-18-22-14-16(2)25-18/h4-6,13-14H,7-12H2,1-3H3,(H,20,21). The first kappa shape index (κ1) is 17.7. The van der Waals surface area contributed by atoms with Crippen molar-refractivity contribution in [2.24, 2.45) is 4.99 Å². The van der Waals surface area contributed by atoms with Crippen LogP contribution >= 0.6 is 11.3 Å². The zero-order chi connectivity index (χ0) is 17.6. The van der Waals surface area contributed by atoms with E-state index in [-0.39, 0.29) is 0 Å². The Labute approximate surface area is 154 Å². The SMILES string of the molecule is CN=C(NCCc1ncc(C)s1)N1CCN(c2cccc(C)c2)CC1. The number of nitrogens with zero attached hydrogens (tertiary/aromatic N) is 4. The van der Waals surface area contributed by atoms with Crippen LogP contribution in [0.5, 0.6) is 0 Å². The van der Waals surface area contributed by atoms with Crippen LogP contribution in [0.15, 0.2) is 35.5 Å². The maximum Gasteiger partial charge on any atom is 0.193 e. The first-order chi connectivity index (χ1) is 12.2. The third kappa shape index (κ3) is 4.72. The van der Waals surface area contributed by atoms with Crippen LogP contribution in [0, 0.1) is 13.8 Å². The van der Waals surface area contributed by atoms with Gasteiger partial charge < -0.3 is 15.1 Å². The minimum Gasteiger partial charge on any atom is -0.368 e. The van der Waals surface area contributed by atoms with E-state index in [0.717, 1.165) is 45.1 Å². The third-order valence-electron chi connectivity index (χ3n) is 4.45. The van der Waals surface area contributed by atoms with E-state index < -0.39 is 0 Å². The second-order valence-corrected chi connectivity index (χ2v) is 7.72. The highest BCUT2D eigenvalue weighted by Gasteiger charge is 2.19. The second kappa shape index (κ2) is 8.34. The molecule has 25 heavy (non-hydrogen) atoms. The Morgan fingerprint density at radius 3 is 2.68 bits per heavy atom. The minimum atomic E-state index is 0.873. The zero-order valence-corrected chi connectivity index (χ0v) is 16.1. The molecule has 1 aromatic heterocycles. The van der Waals surface area contributed by atoms with Crippen LogP contribution in [0.1, 0.15) is 15.4 Å². The first-order valence-corrected chi connectivity index (χ1v) is 9.66. The summed E-state index contributed by atoms with van der Waals surface area (Å²) in [7, 11) is 1.86. The Balaban J connectivity index is 1.48. The lowest BCUT2D eigenvalue weighted by Gasteiger charge is -2.37. The molecule has 1 fully saturated rings. The normalized spacial score (nSPS) is 15.6. The summed E-state index contributed by atoms with van der Waals surface area (Å²) in [5.41, 5.74) is 2.64. The van der Waals surface area contributed by atoms with E-state index in [0.29, 0.717) is 0 Å². The van der Waals surface area contributed by atoms with Crippen molar-refractivity contribution in [2.45, 2.75) is 20.3 Å². The topological polar surface area (TPSA) is 43.8 Å². The van der Waals surface area contributed by atoms with Crippen LogP contribution in [0.25, 0.3) is 0 Å². The summed E-state index contributed by atoms with van der Waals surface area (Å²) in [6, 6.07) is 8.75. The fraction of sp³-hybridized carbons (Fsp3) is 0.474. The molecule has 0 aliphatic carbocycles. The number of aryl methyl sites for hydroxylation is 2. The predicted octanol–water partition coefficient (Wildman–Crippen LogP) is 2.70. The summed E-state index contributed by atoms with van der Waals surface area (Å²) < 4.78 is 0. The van der Waals surface area contributed by atoms with Crippen LogP contribution in [-0.4, -0.2) is 55.6 Å². The predicted molar refractivity (Wildman–Crippen MR) is 107 cm³/mol. The number of rotatable bonds is 4. The quantitative estimate of drug-likeness (QED) is 0.675. The van der Waals surface area contributed by atoms with E-state index in [1.54, 1.807) is 11.3 Å².